The first-order valence-corrected chi connectivity index (χ1v) is 9.16. The topological polar surface area (TPSA) is 76.8 Å². The molecule has 0 bridgehead atoms. The van der Waals surface area contributed by atoms with E-state index in [-0.39, 0.29) is 18.0 Å². The van der Waals surface area contributed by atoms with E-state index in [0.29, 0.717) is 12.0 Å². The van der Waals surface area contributed by atoms with Gasteiger partial charge in [-0.25, -0.2) is 13.2 Å². The number of hydrogen-bond acceptors (Lipinski definition) is 5. The van der Waals surface area contributed by atoms with Gasteiger partial charge in [-0.15, -0.1) is 0 Å². The van der Waals surface area contributed by atoms with Gasteiger partial charge in [-0.05, 0) is 38.5 Å². The molecule has 1 saturated heterocycles. The van der Waals surface area contributed by atoms with Gasteiger partial charge in [0.2, 0.25) is 10.0 Å². The van der Waals surface area contributed by atoms with Crippen LogP contribution in [0.2, 0.25) is 0 Å². The molecule has 1 aromatic heterocycles. The average molecular weight is 349 g/mol. The predicted octanol–water partition coefficient (Wildman–Crippen LogP) is 2.44. The van der Waals surface area contributed by atoms with Crippen molar-refractivity contribution >= 4 is 16.0 Å². The van der Waals surface area contributed by atoms with Crippen molar-refractivity contribution in [2.45, 2.75) is 30.7 Å². The van der Waals surface area contributed by atoms with Crippen molar-refractivity contribution in [1.29, 1.82) is 0 Å². The first-order valence-electron chi connectivity index (χ1n) is 7.72. The molecule has 128 valence electrons. The van der Waals surface area contributed by atoms with Gasteiger partial charge in [-0.2, -0.15) is 4.31 Å². The molecule has 1 aliphatic heterocycles. The van der Waals surface area contributed by atoms with Gasteiger partial charge in [0.15, 0.2) is 5.54 Å². The quantitative estimate of drug-likeness (QED) is 0.775. The molecule has 1 fully saturated rings. The predicted molar refractivity (Wildman–Crippen MR) is 86.7 cm³/mol. The second-order valence-corrected chi connectivity index (χ2v) is 7.60. The zero-order valence-electron chi connectivity index (χ0n) is 13.6. The molecule has 0 N–H and O–H groups in total. The fourth-order valence-corrected chi connectivity index (χ4v) is 4.70. The molecule has 1 aromatic carbocycles. The number of carbonyl (C=O) groups excluding carboxylic acids is 1. The number of benzene rings is 1. The SMILES string of the molecule is CCOC(=O)[C@@]1(c2ccoc2)CCN1S(=O)(=O)c1ccc(C)cc1. The van der Waals surface area contributed by atoms with Crippen molar-refractivity contribution in [2.24, 2.45) is 0 Å². The van der Waals surface area contributed by atoms with Crippen LogP contribution in [0.15, 0.2) is 52.2 Å². The van der Waals surface area contributed by atoms with Crippen LogP contribution < -0.4 is 0 Å². The second-order valence-electron chi connectivity index (χ2n) is 5.73. The molecule has 0 spiro atoms. The summed E-state index contributed by atoms with van der Waals surface area (Å²) >= 11 is 0. The molecule has 0 amide bonds. The maximum absolute atomic E-state index is 13.0. The van der Waals surface area contributed by atoms with Crippen LogP contribution in [0.4, 0.5) is 0 Å². The Morgan fingerprint density at radius 2 is 2.00 bits per heavy atom. The number of rotatable bonds is 5. The number of sulfonamides is 1. The van der Waals surface area contributed by atoms with Crippen LogP contribution in [0.3, 0.4) is 0 Å². The number of nitrogens with zero attached hydrogens (tertiary/aromatic N) is 1. The molecule has 0 saturated carbocycles. The van der Waals surface area contributed by atoms with Crippen LogP contribution >= 0.6 is 0 Å². The summed E-state index contributed by atoms with van der Waals surface area (Å²) in [7, 11) is -3.83. The van der Waals surface area contributed by atoms with Gasteiger partial charge >= 0.3 is 5.97 Å². The van der Waals surface area contributed by atoms with Crippen molar-refractivity contribution in [1.82, 2.24) is 4.31 Å². The van der Waals surface area contributed by atoms with E-state index < -0.39 is 21.5 Å². The molecule has 6 nitrogen and oxygen atoms in total. The minimum Gasteiger partial charge on any atom is -0.472 e. The number of carbonyl (C=O) groups is 1. The molecule has 2 aromatic rings. The molecule has 24 heavy (non-hydrogen) atoms. The highest BCUT2D eigenvalue weighted by atomic mass is 32.2. The van der Waals surface area contributed by atoms with Crippen molar-refractivity contribution in [3.8, 4) is 0 Å². The van der Waals surface area contributed by atoms with Crippen LogP contribution in [0.25, 0.3) is 0 Å². The monoisotopic (exact) mass is 349 g/mol. The molecule has 7 heteroatoms. The average Bonchev–Trinajstić information content (AvgIpc) is 3.01. The van der Waals surface area contributed by atoms with E-state index in [4.69, 9.17) is 9.15 Å². The van der Waals surface area contributed by atoms with E-state index in [0.717, 1.165) is 5.56 Å². The van der Waals surface area contributed by atoms with Gasteiger partial charge < -0.3 is 9.15 Å². The molecule has 3 rings (SSSR count). The lowest BCUT2D eigenvalue weighted by molar-refractivity contribution is -0.162. The summed E-state index contributed by atoms with van der Waals surface area (Å²) in [5, 5.41) is 0. The smallest absolute Gasteiger partial charge is 0.332 e. The first kappa shape index (κ1) is 16.7. The van der Waals surface area contributed by atoms with Gasteiger partial charge in [0.1, 0.15) is 0 Å². The number of hydrogen-bond donors (Lipinski definition) is 0. The van der Waals surface area contributed by atoms with Gasteiger partial charge in [-0.1, -0.05) is 17.7 Å². The van der Waals surface area contributed by atoms with Crippen molar-refractivity contribution in [2.75, 3.05) is 13.2 Å². The van der Waals surface area contributed by atoms with Crippen LogP contribution in [-0.2, 0) is 25.1 Å². The molecule has 1 aliphatic rings. The van der Waals surface area contributed by atoms with E-state index in [1.165, 1.54) is 16.8 Å². The van der Waals surface area contributed by atoms with Gasteiger partial charge in [-0.3, -0.25) is 0 Å². The van der Waals surface area contributed by atoms with Crippen molar-refractivity contribution < 1.29 is 22.4 Å². The van der Waals surface area contributed by atoms with Crippen LogP contribution in [0, 0.1) is 6.92 Å². The largest absolute Gasteiger partial charge is 0.472 e. The zero-order chi connectivity index (χ0) is 17.4. The van der Waals surface area contributed by atoms with E-state index in [1.54, 1.807) is 37.3 Å². The summed E-state index contributed by atoms with van der Waals surface area (Å²) < 4.78 is 37.5. The molecule has 0 unspecified atom stereocenters. The van der Waals surface area contributed by atoms with Crippen LogP contribution in [0.5, 0.6) is 0 Å². The Kier molecular flexibility index (Phi) is 4.23. The summed E-state index contributed by atoms with van der Waals surface area (Å²) in [4.78, 5) is 12.8. The number of ether oxygens (including phenoxy) is 1. The lowest BCUT2D eigenvalue weighted by Crippen LogP contribution is -2.64. The highest BCUT2D eigenvalue weighted by Crippen LogP contribution is 2.45. The zero-order valence-corrected chi connectivity index (χ0v) is 14.4. The lowest BCUT2D eigenvalue weighted by Gasteiger charge is -2.48. The summed E-state index contributed by atoms with van der Waals surface area (Å²) in [6, 6.07) is 8.17. The third-order valence-corrected chi connectivity index (χ3v) is 6.27. The third-order valence-electron chi connectivity index (χ3n) is 4.32. The molecular formula is C17H19NO5S. The highest BCUT2D eigenvalue weighted by Gasteiger charge is 2.59. The Morgan fingerprint density at radius 1 is 1.29 bits per heavy atom. The summed E-state index contributed by atoms with van der Waals surface area (Å²) in [6.07, 6.45) is 3.18. The highest BCUT2D eigenvalue weighted by molar-refractivity contribution is 7.89. The molecule has 2 heterocycles. The van der Waals surface area contributed by atoms with Crippen molar-refractivity contribution in [3.63, 3.8) is 0 Å². The van der Waals surface area contributed by atoms with Gasteiger partial charge in [0.05, 0.1) is 24.0 Å². The number of esters is 1. The standard InChI is InChI=1S/C17H19NO5S/c1-3-23-16(19)17(14-8-11-22-12-14)9-10-18(17)24(20,21)15-6-4-13(2)5-7-15/h4-8,11-12H,3,9-10H2,1-2H3/t17-/m0/s1. The Morgan fingerprint density at radius 3 is 2.50 bits per heavy atom. The van der Waals surface area contributed by atoms with E-state index >= 15 is 0 Å². The summed E-state index contributed by atoms with van der Waals surface area (Å²) in [6.45, 7) is 4.00. The Labute approximate surface area is 141 Å². The van der Waals surface area contributed by atoms with Crippen molar-refractivity contribution in [3.05, 3.63) is 54.0 Å². The Hall–Kier alpha value is -2.12. The number of furan rings is 1. The minimum absolute atomic E-state index is 0.157. The normalized spacial score (nSPS) is 21.2. The fourth-order valence-electron chi connectivity index (χ4n) is 2.95. The maximum Gasteiger partial charge on any atom is 0.332 e. The summed E-state index contributed by atoms with van der Waals surface area (Å²) in [5.74, 6) is -0.576. The second kappa shape index (κ2) is 6.07. The van der Waals surface area contributed by atoms with Crippen LogP contribution in [-0.4, -0.2) is 31.8 Å². The Balaban J connectivity index is 2.06. The molecule has 0 aliphatic carbocycles. The Bertz CT molecular complexity index is 826. The van der Waals surface area contributed by atoms with Gasteiger partial charge in [0.25, 0.3) is 0 Å². The molecule has 1 atom stereocenters. The fraction of sp³-hybridized carbons (Fsp3) is 0.353. The lowest BCUT2D eigenvalue weighted by atomic mass is 9.82. The van der Waals surface area contributed by atoms with Gasteiger partial charge in [0, 0.05) is 12.1 Å². The summed E-state index contributed by atoms with van der Waals surface area (Å²) in [5.41, 5.74) is 0.0964. The van der Waals surface area contributed by atoms with E-state index in [9.17, 15) is 13.2 Å². The minimum atomic E-state index is -3.83. The number of aryl methyl sites for hydroxylation is 1. The first-order chi connectivity index (χ1) is 11.4. The maximum atomic E-state index is 13.0. The van der Waals surface area contributed by atoms with E-state index in [2.05, 4.69) is 0 Å². The third kappa shape index (κ3) is 2.44. The van der Waals surface area contributed by atoms with E-state index in [1.807, 2.05) is 6.92 Å². The van der Waals surface area contributed by atoms with Crippen LogP contribution in [0.1, 0.15) is 24.5 Å². The molecule has 0 radical (unpaired) electrons. The molecular weight excluding hydrogens is 330 g/mol.